The van der Waals surface area contributed by atoms with Gasteiger partial charge in [-0.3, -0.25) is 0 Å². The molecule has 6 heteroatoms. The van der Waals surface area contributed by atoms with E-state index in [2.05, 4.69) is 5.32 Å². The third-order valence-electron chi connectivity index (χ3n) is 2.85. The lowest BCUT2D eigenvalue weighted by molar-refractivity contribution is 0.0272. The molecule has 0 spiro atoms. The van der Waals surface area contributed by atoms with Crippen molar-refractivity contribution in [3.63, 3.8) is 0 Å². The molecule has 0 radical (unpaired) electrons. The van der Waals surface area contributed by atoms with E-state index in [1.54, 1.807) is 14.2 Å². The van der Waals surface area contributed by atoms with Crippen LogP contribution < -0.4 is 10.1 Å². The van der Waals surface area contributed by atoms with Crippen LogP contribution in [-0.2, 0) is 14.2 Å². The van der Waals surface area contributed by atoms with Gasteiger partial charge in [-0.15, -0.1) is 0 Å². The molecule has 0 unspecified atom stereocenters. The summed E-state index contributed by atoms with van der Waals surface area (Å²) in [5.74, 6) is 0.730. The highest BCUT2D eigenvalue weighted by atomic mass is 35.5. The monoisotopic (exact) mass is 317 g/mol. The highest BCUT2D eigenvalue weighted by molar-refractivity contribution is 6.31. The molecule has 1 aromatic rings. The van der Waals surface area contributed by atoms with Gasteiger partial charge in [0, 0.05) is 24.7 Å². The SMILES string of the molecule is COCCOCCOCCNc1cc(C)c(Cl)cc1OC. The lowest BCUT2D eigenvalue weighted by Crippen LogP contribution is -2.14. The second-order valence-corrected chi connectivity index (χ2v) is 4.85. The Morgan fingerprint density at radius 2 is 1.67 bits per heavy atom. The maximum absolute atomic E-state index is 6.06. The summed E-state index contributed by atoms with van der Waals surface area (Å²) in [6.45, 7) is 5.60. The molecule has 0 amide bonds. The van der Waals surface area contributed by atoms with Gasteiger partial charge in [0.15, 0.2) is 0 Å². The zero-order valence-corrected chi connectivity index (χ0v) is 13.7. The fourth-order valence-corrected chi connectivity index (χ4v) is 1.85. The first-order chi connectivity index (χ1) is 10.2. The molecule has 5 nitrogen and oxygen atoms in total. The maximum Gasteiger partial charge on any atom is 0.143 e. The molecule has 0 aromatic heterocycles. The van der Waals surface area contributed by atoms with Crippen LogP contribution in [0.5, 0.6) is 5.75 Å². The average Bonchev–Trinajstić information content (AvgIpc) is 2.48. The highest BCUT2D eigenvalue weighted by Crippen LogP contribution is 2.30. The first kappa shape index (κ1) is 18.0. The van der Waals surface area contributed by atoms with Gasteiger partial charge < -0.3 is 24.3 Å². The van der Waals surface area contributed by atoms with Crippen LogP contribution in [0.3, 0.4) is 0 Å². The Morgan fingerprint density at radius 3 is 2.33 bits per heavy atom. The molecule has 1 N–H and O–H groups in total. The van der Waals surface area contributed by atoms with E-state index < -0.39 is 0 Å². The van der Waals surface area contributed by atoms with Gasteiger partial charge >= 0.3 is 0 Å². The maximum atomic E-state index is 6.06. The molecule has 0 atom stereocenters. The second kappa shape index (κ2) is 10.7. The van der Waals surface area contributed by atoms with Crippen molar-refractivity contribution in [1.82, 2.24) is 0 Å². The minimum Gasteiger partial charge on any atom is -0.495 e. The molecule has 0 aliphatic rings. The van der Waals surface area contributed by atoms with E-state index >= 15 is 0 Å². The second-order valence-electron chi connectivity index (χ2n) is 4.45. The third kappa shape index (κ3) is 7.00. The molecular formula is C15H24ClNO4. The Bertz CT molecular complexity index is 415. The lowest BCUT2D eigenvalue weighted by Gasteiger charge is -2.13. The van der Waals surface area contributed by atoms with Gasteiger partial charge in [-0.2, -0.15) is 0 Å². The fourth-order valence-electron chi connectivity index (χ4n) is 1.69. The van der Waals surface area contributed by atoms with Crippen molar-refractivity contribution >= 4 is 17.3 Å². The predicted octanol–water partition coefficient (Wildman–Crippen LogP) is 2.75. The van der Waals surface area contributed by atoms with Crippen LogP contribution in [0.2, 0.25) is 5.02 Å². The predicted molar refractivity (Wildman–Crippen MR) is 84.7 cm³/mol. The number of halogens is 1. The Morgan fingerprint density at radius 1 is 1.00 bits per heavy atom. The molecule has 21 heavy (non-hydrogen) atoms. The summed E-state index contributed by atoms with van der Waals surface area (Å²) in [7, 11) is 3.28. The molecule has 0 fully saturated rings. The van der Waals surface area contributed by atoms with E-state index in [9.17, 15) is 0 Å². The molecule has 1 rings (SSSR count). The normalized spacial score (nSPS) is 10.7. The van der Waals surface area contributed by atoms with Crippen LogP contribution in [0.4, 0.5) is 5.69 Å². The molecule has 0 saturated heterocycles. The van der Waals surface area contributed by atoms with Gasteiger partial charge in [-0.25, -0.2) is 0 Å². The standard InChI is InChI=1S/C15H24ClNO4/c1-12-10-14(15(19-3)11-13(12)16)17-4-5-20-8-9-21-7-6-18-2/h10-11,17H,4-9H2,1-3H3. The summed E-state index contributed by atoms with van der Waals surface area (Å²) in [4.78, 5) is 0. The van der Waals surface area contributed by atoms with Crippen molar-refractivity contribution in [3.8, 4) is 5.75 Å². The van der Waals surface area contributed by atoms with E-state index in [1.807, 2.05) is 19.1 Å². The van der Waals surface area contributed by atoms with Crippen molar-refractivity contribution < 1.29 is 18.9 Å². The summed E-state index contributed by atoms with van der Waals surface area (Å²) in [6.07, 6.45) is 0. The number of anilines is 1. The van der Waals surface area contributed by atoms with E-state index in [0.29, 0.717) is 44.6 Å². The van der Waals surface area contributed by atoms with Crippen LogP contribution in [0.25, 0.3) is 0 Å². The molecule has 0 aliphatic heterocycles. The molecule has 0 heterocycles. The molecule has 1 aromatic carbocycles. The number of benzene rings is 1. The van der Waals surface area contributed by atoms with Gasteiger partial charge in [0.25, 0.3) is 0 Å². The Hall–Kier alpha value is -1.01. The molecular weight excluding hydrogens is 294 g/mol. The number of rotatable bonds is 11. The van der Waals surface area contributed by atoms with Gasteiger partial charge in [0.1, 0.15) is 5.75 Å². The number of ether oxygens (including phenoxy) is 4. The summed E-state index contributed by atoms with van der Waals surface area (Å²) >= 11 is 6.06. The Balaban J connectivity index is 2.19. The van der Waals surface area contributed by atoms with Gasteiger partial charge in [-0.1, -0.05) is 11.6 Å². The van der Waals surface area contributed by atoms with Crippen LogP contribution in [-0.4, -0.2) is 53.8 Å². The van der Waals surface area contributed by atoms with Crippen molar-refractivity contribution in [2.75, 3.05) is 59.1 Å². The quantitative estimate of drug-likeness (QED) is 0.636. The Kier molecular flexibility index (Phi) is 9.17. The topological polar surface area (TPSA) is 49.0 Å². The van der Waals surface area contributed by atoms with Gasteiger partial charge in [-0.05, 0) is 18.6 Å². The molecule has 0 aliphatic carbocycles. The van der Waals surface area contributed by atoms with Gasteiger partial charge in [0.05, 0.1) is 45.8 Å². The van der Waals surface area contributed by atoms with Crippen molar-refractivity contribution in [3.05, 3.63) is 22.7 Å². The van der Waals surface area contributed by atoms with E-state index in [-0.39, 0.29) is 0 Å². The first-order valence-corrected chi connectivity index (χ1v) is 7.29. The lowest BCUT2D eigenvalue weighted by atomic mass is 10.2. The highest BCUT2D eigenvalue weighted by Gasteiger charge is 2.06. The van der Waals surface area contributed by atoms with Crippen molar-refractivity contribution in [2.24, 2.45) is 0 Å². The van der Waals surface area contributed by atoms with E-state index in [1.165, 1.54) is 0 Å². The zero-order valence-electron chi connectivity index (χ0n) is 12.9. The summed E-state index contributed by atoms with van der Waals surface area (Å²) in [5.41, 5.74) is 1.92. The van der Waals surface area contributed by atoms with E-state index in [4.69, 9.17) is 30.5 Å². The smallest absolute Gasteiger partial charge is 0.143 e. The minimum absolute atomic E-state index is 0.572. The number of hydrogen-bond donors (Lipinski definition) is 1. The van der Waals surface area contributed by atoms with Crippen LogP contribution in [0.1, 0.15) is 5.56 Å². The zero-order chi connectivity index (χ0) is 15.5. The third-order valence-corrected chi connectivity index (χ3v) is 3.25. The minimum atomic E-state index is 0.572. The molecule has 0 saturated carbocycles. The largest absolute Gasteiger partial charge is 0.495 e. The number of nitrogens with one attached hydrogen (secondary N) is 1. The van der Waals surface area contributed by atoms with Crippen molar-refractivity contribution in [2.45, 2.75) is 6.92 Å². The van der Waals surface area contributed by atoms with Gasteiger partial charge in [0.2, 0.25) is 0 Å². The first-order valence-electron chi connectivity index (χ1n) is 6.91. The van der Waals surface area contributed by atoms with E-state index in [0.717, 1.165) is 17.0 Å². The summed E-state index contributed by atoms with van der Waals surface area (Å²) < 4.78 is 20.9. The molecule has 120 valence electrons. The fraction of sp³-hybridized carbons (Fsp3) is 0.600. The van der Waals surface area contributed by atoms with Crippen LogP contribution >= 0.6 is 11.6 Å². The number of aryl methyl sites for hydroxylation is 1. The number of methoxy groups -OCH3 is 2. The molecule has 0 bridgehead atoms. The number of hydrogen-bond acceptors (Lipinski definition) is 5. The van der Waals surface area contributed by atoms with Crippen LogP contribution in [0.15, 0.2) is 12.1 Å². The summed E-state index contributed by atoms with van der Waals surface area (Å²) in [6, 6.07) is 3.78. The van der Waals surface area contributed by atoms with Crippen molar-refractivity contribution in [1.29, 1.82) is 0 Å². The average molecular weight is 318 g/mol. The van der Waals surface area contributed by atoms with Crippen LogP contribution in [0, 0.1) is 6.92 Å². The Labute approximate surface area is 131 Å². The summed E-state index contributed by atoms with van der Waals surface area (Å²) in [5, 5.41) is 3.97.